The second kappa shape index (κ2) is 8.37. The number of aromatic nitrogens is 2. The SMILES string of the molecule is [N-]=C/C=C(\N)C1=NCc2cnc(Nc3ccc(C(=O)O)cc3)nc2-c2ccc(Cl)cc21. The number of allylic oxidation sites excluding steroid dienone is 2. The van der Waals surface area contributed by atoms with Gasteiger partial charge in [-0.05, 0) is 36.4 Å². The summed E-state index contributed by atoms with van der Waals surface area (Å²) in [5.41, 5.74) is 10.7. The molecule has 1 aromatic heterocycles. The van der Waals surface area contributed by atoms with Gasteiger partial charge in [0.25, 0.3) is 0 Å². The maximum Gasteiger partial charge on any atom is 0.335 e. The summed E-state index contributed by atoms with van der Waals surface area (Å²) in [4.78, 5) is 24.6. The first-order chi connectivity index (χ1) is 15.0. The van der Waals surface area contributed by atoms with Crippen LogP contribution in [0, 0.1) is 0 Å². The van der Waals surface area contributed by atoms with Crippen LogP contribution in [0.3, 0.4) is 0 Å². The van der Waals surface area contributed by atoms with Gasteiger partial charge >= 0.3 is 5.97 Å². The topological polar surface area (TPSA) is 136 Å². The maximum atomic E-state index is 11.0. The van der Waals surface area contributed by atoms with Crippen LogP contribution in [0.15, 0.2) is 65.4 Å². The van der Waals surface area contributed by atoms with Crippen LogP contribution in [-0.2, 0) is 6.54 Å². The Labute approximate surface area is 182 Å². The van der Waals surface area contributed by atoms with Gasteiger partial charge in [0, 0.05) is 33.6 Å². The quantitative estimate of drug-likeness (QED) is 0.522. The number of carbonyl (C=O) groups is 1. The van der Waals surface area contributed by atoms with Crippen molar-refractivity contribution in [1.29, 1.82) is 0 Å². The van der Waals surface area contributed by atoms with Crippen molar-refractivity contribution in [2.45, 2.75) is 6.54 Å². The molecule has 0 amide bonds. The minimum atomic E-state index is -0.994. The molecular formula is C22H16ClN6O2-. The number of hydrogen-bond donors (Lipinski definition) is 3. The van der Waals surface area contributed by atoms with E-state index < -0.39 is 5.97 Å². The number of halogens is 1. The zero-order valence-electron chi connectivity index (χ0n) is 16.1. The van der Waals surface area contributed by atoms with Crippen molar-refractivity contribution < 1.29 is 9.90 Å². The molecule has 0 aliphatic carbocycles. The minimum Gasteiger partial charge on any atom is -0.811 e. The van der Waals surface area contributed by atoms with Gasteiger partial charge in [0.05, 0.1) is 29.2 Å². The average Bonchev–Trinajstić information content (AvgIpc) is 2.90. The highest BCUT2D eigenvalue weighted by Crippen LogP contribution is 2.33. The van der Waals surface area contributed by atoms with Crippen molar-refractivity contribution >= 4 is 41.1 Å². The molecule has 2 aromatic carbocycles. The van der Waals surface area contributed by atoms with Crippen LogP contribution < -0.4 is 11.1 Å². The summed E-state index contributed by atoms with van der Waals surface area (Å²) in [6, 6.07) is 11.6. The molecule has 0 bridgehead atoms. The summed E-state index contributed by atoms with van der Waals surface area (Å²) in [5.74, 6) is -0.649. The lowest BCUT2D eigenvalue weighted by atomic mass is 9.97. The predicted octanol–water partition coefficient (Wildman–Crippen LogP) is 4.02. The Morgan fingerprint density at radius 1 is 1.19 bits per heavy atom. The van der Waals surface area contributed by atoms with E-state index in [2.05, 4.69) is 20.3 Å². The third kappa shape index (κ3) is 4.15. The van der Waals surface area contributed by atoms with Gasteiger partial charge in [0.1, 0.15) is 0 Å². The molecule has 4 rings (SSSR count). The molecular weight excluding hydrogens is 416 g/mol. The molecule has 0 radical (unpaired) electrons. The summed E-state index contributed by atoms with van der Waals surface area (Å²) in [7, 11) is 0. The van der Waals surface area contributed by atoms with Crippen LogP contribution in [0.2, 0.25) is 5.02 Å². The molecule has 8 nitrogen and oxygen atoms in total. The number of nitrogens with zero attached hydrogens (tertiary/aromatic N) is 4. The zero-order valence-corrected chi connectivity index (χ0v) is 16.8. The van der Waals surface area contributed by atoms with Crippen LogP contribution in [0.25, 0.3) is 16.7 Å². The molecule has 0 spiro atoms. The van der Waals surface area contributed by atoms with Crippen molar-refractivity contribution in [2.75, 3.05) is 5.32 Å². The Morgan fingerprint density at radius 3 is 2.68 bits per heavy atom. The lowest BCUT2D eigenvalue weighted by Gasteiger charge is -2.13. The number of aliphatic imine (C=N–C) groups is 1. The van der Waals surface area contributed by atoms with E-state index in [4.69, 9.17) is 27.9 Å². The fraction of sp³-hybridized carbons (Fsp3) is 0.0455. The summed E-state index contributed by atoms with van der Waals surface area (Å²) in [6.45, 7) is 0.296. The van der Waals surface area contributed by atoms with Crippen LogP contribution in [0.5, 0.6) is 0 Å². The number of nitrogens with two attached hydrogens (primary N) is 1. The third-order valence-corrected chi connectivity index (χ3v) is 4.91. The Kier molecular flexibility index (Phi) is 5.46. The second-order valence-corrected chi connectivity index (χ2v) is 7.14. The second-order valence-electron chi connectivity index (χ2n) is 6.70. The molecule has 0 atom stereocenters. The van der Waals surface area contributed by atoms with E-state index >= 15 is 0 Å². The number of carboxylic acid groups (broad SMARTS) is 1. The van der Waals surface area contributed by atoms with E-state index in [1.807, 2.05) is 6.07 Å². The van der Waals surface area contributed by atoms with Crippen LogP contribution in [0.1, 0.15) is 21.5 Å². The van der Waals surface area contributed by atoms with Crippen molar-refractivity contribution in [3.63, 3.8) is 0 Å². The zero-order chi connectivity index (χ0) is 22.0. The van der Waals surface area contributed by atoms with Gasteiger partial charge in [0.15, 0.2) is 0 Å². The highest BCUT2D eigenvalue weighted by Gasteiger charge is 2.21. The van der Waals surface area contributed by atoms with Gasteiger partial charge in [-0.25, -0.2) is 14.8 Å². The highest BCUT2D eigenvalue weighted by atomic mass is 35.5. The van der Waals surface area contributed by atoms with Gasteiger partial charge in [-0.15, -0.1) is 0 Å². The highest BCUT2D eigenvalue weighted by molar-refractivity contribution is 6.31. The third-order valence-electron chi connectivity index (χ3n) is 4.68. The summed E-state index contributed by atoms with van der Waals surface area (Å²) >= 11 is 6.22. The van der Waals surface area contributed by atoms with Gasteiger partial charge < -0.3 is 21.6 Å². The molecule has 0 unspecified atom stereocenters. The van der Waals surface area contributed by atoms with Crippen molar-refractivity contribution in [2.24, 2.45) is 10.7 Å². The lowest BCUT2D eigenvalue weighted by molar-refractivity contribution is 0.0697. The molecule has 31 heavy (non-hydrogen) atoms. The summed E-state index contributed by atoms with van der Waals surface area (Å²) in [5, 5.41) is 21.7. The van der Waals surface area contributed by atoms with Crippen molar-refractivity contribution in [3.05, 3.63) is 87.6 Å². The number of benzene rings is 2. The monoisotopic (exact) mass is 431 g/mol. The van der Waals surface area contributed by atoms with Crippen molar-refractivity contribution in [1.82, 2.24) is 9.97 Å². The van der Waals surface area contributed by atoms with E-state index in [0.29, 0.717) is 45.9 Å². The number of anilines is 2. The standard InChI is InChI=1S/C22H16ClN6O2/c23-14-3-6-16-17(9-14)20(18(25)7-8-24)26-10-13-11-27-22(29-19(13)16)28-15-4-1-12(2-5-15)21(30)31/h1-9,11H,10,25H2,(H,30,31)(H,27,28,29)/q-1/b18-7-. The first-order valence-corrected chi connectivity index (χ1v) is 9.58. The normalized spacial score (nSPS) is 12.8. The van der Waals surface area contributed by atoms with Crippen molar-refractivity contribution in [3.8, 4) is 11.3 Å². The molecule has 0 fully saturated rings. The van der Waals surface area contributed by atoms with Gasteiger partial charge in [-0.3, -0.25) is 4.99 Å². The molecule has 154 valence electrons. The van der Waals surface area contributed by atoms with E-state index in [1.54, 1.807) is 30.5 Å². The predicted molar refractivity (Wildman–Crippen MR) is 121 cm³/mol. The van der Waals surface area contributed by atoms with Gasteiger partial charge in [-0.1, -0.05) is 23.7 Å². The first kappa shape index (κ1) is 20.2. The van der Waals surface area contributed by atoms with E-state index in [9.17, 15) is 4.79 Å². The summed E-state index contributed by atoms with van der Waals surface area (Å²) in [6.07, 6.45) is 3.90. The Hall–Kier alpha value is -4.04. The molecule has 2 heterocycles. The lowest BCUT2D eigenvalue weighted by Crippen LogP contribution is -2.14. The Balaban J connectivity index is 1.75. The molecule has 4 N–H and O–H groups in total. The smallest absolute Gasteiger partial charge is 0.335 e. The summed E-state index contributed by atoms with van der Waals surface area (Å²) < 4.78 is 0. The van der Waals surface area contributed by atoms with E-state index in [1.165, 1.54) is 18.2 Å². The number of carboxylic acids is 1. The number of rotatable bonds is 5. The van der Waals surface area contributed by atoms with Crippen LogP contribution >= 0.6 is 11.6 Å². The molecule has 1 aliphatic rings. The minimum absolute atomic E-state index is 0.189. The molecule has 3 aromatic rings. The molecule has 1 aliphatic heterocycles. The molecule has 9 heteroatoms. The largest absolute Gasteiger partial charge is 0.811 e. The first-order valence-electron chi connectivity index (χ1n) is 9.21. The Morgan fingerprint density at radius 2 is 1.97 bits per heavy atom. The van der Waals surface area contributed by atoms with Gasteiger partial charge in [-0.2, -0.15) is 6.21 Å². The number of hydrogen-bond acceptors (Lipinski definition) is 6. The average molecular weight is 432 g/mol. The van der Waals surface area contributed by atoms with E-state index in [-0.39, 0.29) is 5.56 Å². The van der Waals surface area contributed by atoms with Crippen LogP contribution in [0.4, 0.5) is 11.6 Å². The van der Waals surface area contributed by atoms with Gasteiger partial charge in [0.2, 0.25) is 5.95 Å². The fourth-order valence-electron chi connectivity index (χ4n) is 3.22. The Bertz CT molecular complexity index is 1250. The number of aromatic carboxylic acids is 1. The maximum absolute atomic E-state index is 11.0. The number of nitrogens with one attached hydrogen (secondary N) is 1. The number of fused-ring (bicyclic) bond motifs is 3. The fourth-order valence-corrected chi connectivity index (χ4v) is 3.39. The molecule has 0 saturated carbocycles. The molecule has 0 saturated heterocycles. The van der Waals surface area contributed by atoms with Crippen LogP contribution in [-0.4, -0.2) is 33.0 Å². The van der Waals surface area contributed by atoms with E-state index in [0.717, 1.165) is 17.3 Å².